The van der Waals surface area contributed by atoms with E-state index in [0.717, 1.165) is 16.4 Å². The van der Waals surface area contributed by atoms with E-state index < -0.39 is 0 Å². The molecular weight excluding hydrogens is 332 g/mol. The molecule has 0 radical (unpaired) electrons. The van der Waals surface area contributed by atoms with E-state index in [4.69, 9.17) is 0 Å². The molecule has 25 heavy (non-hydrogen) atoms. The van der Waals surface area contributed by atoms with E-state index in [2.05, 4.69) is 34.9 Å². The molecule has 0 saturated carbocycles. The van der Waals surface area contributed by atoms with Crippen LogP contribution in [0.25, 0.3) is 10.8 Å². The summed E-state index contributed by atoms with van der Waals surface area (Å²) in [6.07, 6.45) is 3.67. The highest BCUT2D eigenvalue weighted by atomic mass is 32.1. The molecule has 0 atom stereocenters. The average Bonchev–Trinajstić information content (AvgIpc) is 3.19. The molecule has 1 aromatic carbocycles. The van der Waals surface area contributed by atoms with Crippen LogP contribution in [0.2, 0.25) is 0 Å². The molecule has 0 fully saturated rings. The summed E-state index contributed by atoms with van der Waals surface area (Å²) in [5.41, 5.74) is 2.97. The Morgan fingerprint density at radius 2 is 1.96 bits per heavy atom. The minimum atomic E-state index is -0.0304. The lowest BCUT2D eigenvalue weighted by atomic mass is 9.87. The molecule has 3 heterocycles. The van der Waals surface area contributed by atoms with E-state index in [9.17, 15) is 4.79 Å². The molecule has 1 aliphatic rings. The summed E-state index contributed by atoms with van der Waals surface area (Å²) in [6, 6.07) is 9.91. The quantitative estimate of drug-likeness (QED) is 0.726. The monoisotopic (exact) mass is 350 g/mol. The standard InChI is InChI=1S/C19H18N4OS/c1-19(2)12-23(15-7-4-3-6-14(15)19)16(24)10-13-11-25-18(22-13)17-20-8-5-9-21-17/h3-9,11H,10,12H2,1-2H3. The number of rotatable bonds is 3. The number of anilines is 1. The Hall–Kier alpha value is -2.60. The zero-order valence-electron chi connectivity index (χ0n) is 14.1. The predicted molar refractivity (Wildman–Crippen MR) is 98.7 cm³/mol. The molecule has 3 aromatic rings. The fourth-order valence-electron chi connectivity index (χ4n) is 3.22. The minimum Gasteiger partial charge on any atom is -0.311 e. The van der Waals surface area contributed by atoms with Crippen molar-refractivity contribution in [3.05, 3.63) is 59.4 Å². The van der Waals surface area contributed by atoms with E-state index in [1.54, 1.807) is 18.5 Å². The number of hydrogen-bond acceptors (Lipinski definition) is 5. The van der Waals surface area contributed by atoms with Crippen molar-refractivity contribution in [2.24, 2.45) is 0 Å². The third kappa shape index (κ3) is 2.93. The number of hydrogen-bond donors (Lipinski definition) is 0. The van der Waals surface area contributed by atoms with Gasteiger partial charge >= 0.3 is 0 Å². The van der Waals surface area contributed by atoms with Crippen LogP contribution in [-0.4, -0.2) is 27.4 Å². The van der Waals surface area contributed by atoms with E-state index in [1.165, 1.54) is 16.9 Å². The van der Waals surface area contributed by atoms with Crippen molar-refractivity contribution in [3.8, 4) is 10.8 Å². The highest BCUT2D eigenvalue weighted by Gasteiger charge is 2.37. The first kappa shape index (κ1) is 15.9. The van der Waals surface area contributed by atoms with Crippen LogP contribution in [0.1, 0.15) is 25.1 Å². The zero-order valence-corrected chi connectivity index (χ0v) is 15.0. The summed E-state index contributed by atoms with van der Waals surface area (Å²) < 4.78 is 0. The average molecular weight is 350 g/mol. The summed E-state index contributed by atoms with van der Waals surface area (Å²) in [6.45, 7) is 5.05. The van der Waals surface area contributed by atoms with Gasteiger partial charge in [0.1, 0.15) is 0 Å². The number of aromatic nitrogens is 3. The molecule has 126 valence electrons. The molecular formula is C19H18N4OS. The number of carbonyl (C=O) groups is 1. The van der Waals surface area contributed by atoms with Crippen LogP contribution < -0.4 is 4.90 Å². The molecule has 5 nitrogen and oxygen atoms in total. The van der Waals surface area contributed by atoms with Crippen LogP contribution in [0, 0.1) is 0 Å². The lowest BCUT2D eigenvalue weighted by Gasteiger charge is -2.20. The molecule has 0 bridgehead atoms. The van der Waals surface area contributed by atoms with Crippen molar-refractivity contribution in [2.75, 3.05) is 11.4 Å². The maximum Gasteiger partial charge on any atom is 0.233 e. The zero-order chi connectivity index (χ0) is 17.4. The highest BCUT2D eigenvalue weighted by molar-refractivity contribution is 7.13. The van der Waals surface area contributed by atoms with Crippen molar-refractivity contribution >= 4 is 22.9 Å². The maximum atomic E-state index is 12.9. The number of amides is 1. The van der Waals surface area contributed by atoms with Gasteiger partial charge in [-0.05, 0) is 17.7 Å². The lowest BCUT2D eigenvalue weighted by molar-refractivity contribution is -0.118. The molecule has 0 spiro atoms. The maximum absolute atomic E-state index is 12.9. The first-order valence-electron chi connectivity index (χ1n) is 8.16. The molecule has 2 aromatic heterocycles. The molecule has 4 rings (SSSR count). The van der Waals surface area contributed by atoms with Crippen LogP contribution >= 0.6 is 11.3 Å². The van der Waals surface area contributed by atoms with E-state index in [0.29, 0.717) is 12.4 Å². The van der Waals surface area contributed by atoms with Gasteiger partial charge in [-0.25, -0.2) is 15.0 Å². The van der Waals surface area contributed by atoms with E-state index in [1.807, 2.05) is 28.5 Å². The van der Waals surface area contributed by atoms with Crippen molar-refractivity contribution in [2.45, 2.75) is 25.7 Å². The number of fused-ring (bicyclic) bond motifs is 1. The van der Waals surface area contributed by atoms with Crippen molar-refractivity contribution in [1.82, 2.24) is 15.0 Å². The van der Waals surface area contributed by atoms with Gasteiger partial charge in [-0.3, -0.25) is 4.79 Å². The first-order valence-corrected chi connectivity index (χ1v) is 9.04. The Labute approximate surface area is 150 Å². The third-order valence-electron chi connectivity index (χ3n) is 4.42. The molecule has 6 heteroatoms. The van der Waals surface area contributed by atoms with Gasteiger partial charge < -0.3 is 4.90 Å². The first-order chi connectivity index (χ1) is 12.0. The van der Waals surface area contributed by atoms with Crippen LogP contribution in [0.15, 0.2) is 48.1 Å². The van der Waals surface area contributed by atoms with Gasteiger partial charge in [0.05, 0.1) is 12.1 Å². The molecule has 1 amide bonds. The molecule has 0 aliphatic carbocycles. The van der Waals surface area contributed by atoms with Gasteiger partial charge in [-0.1, -0.05) is 32.0 Å². The normalized spacial score (nSPS) is 15.2. The Balaban J connectivity index is 1.55. The van der Waals surface area contributed by atoms with Crippen molar-refractivity contribution in [1.29, 1.82) is 0 Å². The molecule has 0 unspecified atom stereocenters. The number of para-hydroxylation sites is 1. The number of carbonyl (C=O) groups excluding carboxylic acids is 1. The third-order valence-corrected chi connectivity index (χ3v) is 5.31. The van der Waals surface area contributed by atoms with Gasteiger partial charge in [0, 0.05) is 35.4 Å². The fourth-order valence-corrected chi connectivity index (χ4v) is 3.98. The Morgan fingerprint density at radius 3 is 2.76 bits per heavy atom. The largest absolute Gasteiger partial charge is 0.311 e. The fraction of sp³-hybridized carbons (Fsp3) is 0.263. The Morgan fingerprint density at radius 1 is 1.20 bits per heavy atom. The van der Waals surface area contributed by atoms with Crippen molar-refractivity contribution in [3.63, 3.8) is 0 Å². The van der Waals surface area contributed by atoms with Gasteiger partial charge in [-0.2, -0.15) is 0 Å². The van der Waals surface area contributed by atoms with Gasteiger partial charge in [-0.15, -0.1) is 11.3 Å². The highest BCUT2D eigenvalue weighted by Crippen LogP contribution is 2.40. The predicted octanol–water partition coefficient (Wildman–Crippen LogP) is 3.47. The van der Waals surface area contributed by atoms with Crippen molar-refractivity contribution < 1.29 is 4.79 Å². The van der Waals surface area contributed by atoms with E-state index in [-0.39, 0.29) is 17.7 Å². The summed E-state index contributed by atoms with van der Waals surface area (Å²) >= 11 is 1.47. The smallest absolute Gasteiger partial charge is 0.233 e. The van der Waals surface area contributed by atoms with E-state index >= 15 is 0 Å². The summed E-state index contributed by atoms with van der Waals surface area (Å²) in [5.74, 6) is 0.669. The molecule has 0 N–H and O–H groups in total. The van der Waals surface area contributed by atoms with Gasteiger partial charge in [0.25, 0.3) is 0 Å². The molecule has 0 saturated heterocycles. The SMILES string of the molecule is CC1(C)CN(C(=O)Cc2csc(-c3ncccn3)n2)c2ccccc21. The summed E-state index contributed by atoms with van der Waals surface area (Å²) in [7, 11) is 0. The second-order valence-corrected chi connectivity index (χ2v) is 7.63. The van der Waals surface area contributed by atoms with Crippen LogP contribution in [0.5, 0.6) is 0 Å². The van der Waals surface area contributed by atoms with Crippen LogP contribution in [-0.2, 0) is 16.6 Å². The minimum absolute atomic E-state index is 0.0304. The van der Waals surface area contributed by atoms with Crippen LogP contribution in [0.3, 0.4) is 0 Å². The van der Waals surface area contributed by atoms with Crippen LogP contribution in [0.4, 0.5) is 5.69 Å². The summed E-state index contributed by atoms with van der Waals surface area (Å²) in [4.78, 5) is 27.7. The van der Waals surface area contributed by atoms with Gasteiger partial charge in [0.2, 0.25) is 5.91 Å². The number of benzene rings is 1. The summed E-state index contributed by atoms with van der Waals surface area (Å²) in [5, 5.41) is 2.65. The molecule has 1 aliphatic heterocycles. The number of nitrogens with zero attached hydrogens (tertiary/aromatic N) is 4. The number of thiazole rings is 1. The Kier molecular flexibility index (Phi) is 3.84. The second kappa shape index (κ2) is 6.04. The van der Waals surface area contributed by atoms with Gasteiger partial charge in [0.15, 0.2) is 10.8 Å². The Bertz CT molecular complexity index is 920. The lowest BCUT2D eigenvalue weighted by Crippen LogP contribution is -2.35. The topological polar surface area (TPSA) is 59.0 Å². The second-order valence-electron chi connectivity index (χ2n) is 6.77.